The third kappa shape index (κ3) is 4.50. The predicted octanol–water partition coefficient (Wildman–Crippen LogP) is 4.83. The van der Waals surface area contributed by atoms with Crippen LogP contribution in [0.3, 0.4) is 0 Å². The van der Waals surface area contributed by atoms with Crippen molar-refractivity contribution in [2.45, 2.75) is 13.8 Å². The second-order valence-electron chi connectivity index (χ2n) is 8.79. The first-order valence-electron chi connectivity index (χ1n) is 11.7. The van der Waals surface area contributed by atoms with E-state index in [1.807, 2.05) is 11.0 Å². The molecule has 3 aromatic rings. The minimum Gasteiger partial charge on any atom is -0.378 e. The van der Waals surface area contributed by atoms with E-state index in [-0.39, 0.29) is 5.91 Å². The standard InChI is InChI=1S/C27H31N3O2S/c1-20-7-6-10-24(21(20)2)28-11-13-29(14-12-28)26(31)25-19-23(22-8-4-3-5-9-22)27(33-25)30-15-17-32-18-16-30/h3-10,19H,11-18H2,1-2H3. The lowest BCUT2D eigenvalue weighted by molar-refractivity contribution is 0.0751. The third-order valence-electron chi connectivity index (χ3n) is 6.79. The molecule has 0 spiro atoms. The Hall–Kier alpha value is -2.83. The summed E-state index contributed by atoms with van der Waals surface area (Å²) < 4.78 is 5.56. The van der Waals surface area contributed by atoms with Gasteiger partial charge in [0.25, 0.3) is 5.91 Å². The largest absolute Gasteiger partial charge is 0.378 e. The number of carbonyl (C=O) groups is 1. The Labute approximate surface area is 200 Å². The van der Waals surface area contributed by atoms with Gasteiger partial charge in [-0.15, -0.1) is 11.3 Å². The molecule has 1 aromatic heterocycles. The number of morpholine rings is 1. The van der Waals surface area contributed by atoms with Gasteiger partial charge in [-0.05, 0) is 42.7 Å². The fourth-order valence-electron chi connectivity index (χ4n) is 4.70. The van der Waals surface area contributed by atoms with Crippen LogP contribution in [0.5, 0.6) is 0 Å². The number of rotatable bonds is 4. The van der Waals surface area contributed by atoms with Gasteiger partial charge in [-0.1, -0.05) is 42.5 Å². The van der Waals surface area contributed by atoms with Crippen LogP contribution in [0.25, 0.3) is 11.1 Å². The summed E-state index contributed by atoms with van der Waals surface area (Å²) in [6.45, 7) is 10.8. The van der Waals surface area contributed by atoms with Gasteiger partial charge in [0.05, 0.1) is 23.1 Å². The summed E-state index contributed by atoms with van der Waals surface area (Å²) in [5, 5.41) is 1.18. The number of nitrogens with zero attached hydrogens (tertiary/aromatic N) is 3. The zero-order valence-electron chi connectivity index (χ0n) is 19.4. The van der Waals surface area contributed by atoms with Crippen LogP contribution in [-0.4, -0.2) is 63.3 Å². The molecule has 0 unspecified atom stereocenters. The summed E-state index contributed by atoms with van der Waals surface area (Å²) in [5.41, 5.74) is 6.25. The van der Waals surface area contributed by atoms with Crippen LogP contribution in [0.4, 0.5) is 10.7 Å². The van der Waals surface area contributed by atoms with Crippen molar-refractivity contribution < 1.29 is 9.53 Å². The molecular weight excluding hydrogens is 430 g/mol. The SMILES string of the molecule is Cc1cccc(N2CCN(C(=O)c3cc(-c4ccccc4)c(N4CCOCC4)s3)CC2)c1C. The van der Waals surface area contributed by atoms with E-state index >= 15 is 0 Å². The highest BCUT2D eigenvalue weighted by molar-refractivity contribution is 7.18. The maximum absolute atomic E-state index is 13.5. The second kappa shape index (κ2) is 9.57. The van der Waals surface area contributed by atoms with E-state index < -0.39 is 0 Å². The maximum Gasteiger partial charge on any atom is 0.264 e. The first-order valence-corrected chi connectivity index (χ1v) is 12.6. The number of hydrogen-bond acceptors (Lipinski definition) is 5. The molecule has 2 aliphatic heterocycles. The van der Waals surface area contributed by atoms with Gasteiger partial charge in [-0.3, -0.25) is 4.79 Å². The summed E-state index contributed by atoms with van der Waals surface area (Å²) >= 11 is 1.63. The summed E-state index contributed by atoms with van der Waals surface area (Å²) in [5.74, 6) is 0.150. The summed E-state index contributed by atoms with van der Waals surface area (Å²) in [6, 6.07) is 19.0. The summed E-state index contributed by atoms with van der Waals surface area (Å²) in [7, 11) is 0. The Morgan fingerprint density at radius 3 is 2.30 bits per heavy atom. The predicted molar refractivity (Wildman–Crippen MR) is 137 cm³/mol. The van der Waals surface area contributed by atoms with E-state index in [9.17, 15) is 4.79 Å². The summed E-state index contributed by atoms with van der Waals surface area (Å²) in [6.07, 6.45) is 0. The van der Waals surface area contributed by atoms with E-state index in [0.717, 1.165) is 68.5 Å². The molecule has 5 rings (SSSR count). The Morgan fingerprint density at radius 2 is 1.58 bits per heavy atom. The molecule has 0 atom stereocenters. The number of carbonyl (C=O) groups excluding carboxylic acids is 1. The van der Waals surface area contributed by atoms with Gasteiger partial charge in [0.15, 0.2) is 0 Å². The lowest BCUT2D eigenvalue weighted by Gasteiger charge is -2.37. The fraction of sp³-hybridized carbons (Fsp3) is 0.370. The topological polar surface area (TPSA) is 36.0 Å². The molecule has 6 heteroatoms. The van der Waals surface area contributed by atoms with Crippen molar-refractivity contribution in [1.82, 2.24) is 4.90 Å². The highest BCUT2D eigenvalue weighted by Crippen LogP contribution is 2.40. The highest BCUT2D eigenvalue weighted by atomic mass is 32.1. The minimum absolute atomic E-state index is 0.150. The Kier molecular flexibility index (Phi) is 6.38. The number of hydrogen-bond donors (Lipinski definition) is 0. The fourth-order valence-corrected chi connectivity index (χ4v) is 5.90. The minimum atomic E-state index is 0.150. The van der Waals surface area contributed by atoms with E-state index in [0.29, 0.717) is 0 Å². The number of thiophene rings is 1. The van der Waals surface area contributed by atoms with E-state index in [4.69, 9.17) is 4.74 Å². The van der Waals surface area contributed by atoms with Crippen molar-refractivity contribution in [3.8, 4) is 11.1 Å². The zero-order chi connectivity index (χ0) is 22.8. The van der Waals surface area contributed by atoms with Crippen LogP contribution < -0.4 is 9.80 Å². The number of anilines is 2. The molecule has 33 heavy (non-hydrogen) atoms. The van der Waals surface area contributed by atoms with E-state index in [1.165, 1.54) is 21.8 Å². The molecule has 0 saturated carbocycles. The van der Waals surface area contributed by atoms with Crippen molar-refractivity contribution in [2.75, 3.05) is 62.3 Å². The Balaban J connectivity index is 1.35. The summed E-state index contributed by atoms with van der Waals surface area (Å²) in [4.78, 5) is 21.1. The first-order chi connectivity index (χ1) is 16.1. The van der Waals surface area contributed by atoms with Crippen molar-refractivity contribution in [1.29, 1.82) is 0 Å². The molecule has 0 bridgehead atoms. The number of benzene rings is 2. The normalized spacial score (nSPS) is 16.8. The smallest absolute Gasteiger partial charge is 0.264 e. The molecular formula is C27H31N3O2S. The third-order valence-corrected chi connectivity index (χ3v) is 7.97. The first kappa shape index (κ1) is 22.0. The average molecular weight is 462 g/mol. The van der Waals surface area contributed by atoms with Crippen LogP contribution in [0.2, 0.25) is 0 Å². The molecule has 2 fully saturated rings. The van der Waals surface area contributed by atoms with Gasteiger partial charge in [0, 0.05) is 50.5 Å². The molecule has 2 aromatic carbocycles. The van der Waals surface area contributed by atoms with Crippen molar-refractivity contribution in [3.63, 3.8) is 0 Å². The van der Waals surface area contributed by atoms with Gasteiger partial charge in [-0.2, -0.15) is 0 Å². The molecule has 3 heterocycles. The average Bonchev–Trinajstić information content (AvgIpc) is 3.32. The molecule has 0 N–H and O–H groups in total. The van der Waals surface area contributed by atoms with Gasteiger partial charge >= 0.3 is 0 Å². The second-order valence-corrected chi connectivity index (χ2v) is 9.82. The van der Waals surface area contributed by atoms with Gasteiger partial charge in [-0.25, -0.2) is 0 Å². The van der Waals surface area contributed by atoms with Crippen LogP contribution in [-0.2, 0) is 4.74 Å². The number of ether oxygens (including phenoxy) is 1. The van der Waals surface area contributed by atoms with Gasteiger partial charge in [0.1, 0.15) is 0 Å². The van der Waals surface area contributed by atoms with Crippen LogP contribution in [0.15, 0.2) is 54.6 Å². The monoisotopic (exact) mass is 461 g/mol. The maximum atomic E-state index is 13.5. The molecule has 5 nitrogen and oxygen atoms in total. The van der Waals surface area contributed by atoms with Crippen LogP contribution >= 0.6 is 11.3 Å². The number of piperazine rings is 1. The number of amides is 1. The van der Waals surface area contributed by atoms with Gasteiger partial charge < -0.3 is 19.4 Å². The highest BCUT2D eigenvalue weighted by Gasteiger charge is 2.27. The van der Waals surface area contributed by atoms with Crippen molar-refractivity contribution in [3.05, 3.63) is 70.6 Å². The molecule has 1 amide bonds. The van der Waals surface area contributed by atoms with Crippen molar-refractivity contribution >= 4 is 27.9 Å². The van der Waals surface area contributed by atoms with E-state index in [2.05, 4.69) is 72.2 Å². The Morgan fingerprint density at radius 1 is 0.848 bits per heavy atom. The molecule has 2 saturated heterocycles. The van der Waals surface area contributed by atoms with Crippen LogP contribution in [0, 0.1) is 13.8 Å². The Bertz CT molecular complexity index is 1110. The zero-order valence-corrected chi connectivity index (χ0v) is 20.2. The van der Waals surface area contributed by atoms with E-state index in [1.54, 1.807) is 11.3 Å². The van der Waals surface area contributed by atoms with Gasteiger partial charge in [0.2, 0.25) is 0 Å². The quantitative estimate of drug-likeness (QED) is 0.558. The lowest BCUT2D eigenvalue weighted by Crippen LogP contribution is -2.48. The molecule has 2 aliphatic rings. The van der Waals surface area contributed by atoms with Crippen LogP contribution in [0.1, 0.15) is 20.8 Å². The van der Waals surface area contributed by atoms with Crippen molar-refractivity contribution in [2.24, 2.45) is 0 Å². The molecule has 172 valence electrons. The molecule has 0 aliphatic carbocycles. The molecule has 0 radical (unpaired) electrons. The lowest BCUT2D eigenvalue weighted by atomic mass is 10.1. The number of aryl methyl sites for hydroxylation is 1.